The Morgan fingerprint density at radius 1 is 1.30 bits per heavy atom. The van der Waals surface area contributed by atoms with E-state index in [0.717, 1.165) is 39.1 Å². The van der Waals surface area contributed by atoms with Gasteiger partial charge in [-0.15, -0.1) is 0 Å². The van der Waals surface area contributed by atoms with Crippen LogP contribution >= 0.6 is 0 Å². The van der Waals surface area contributed by atoms with E-state index in [1.54, 1.807) is 0 Å². The van der Waals surface area contributed by atoms with E-state index in [1.807, 2.05) is 6.92 Å². The Balaban J connectivity index is 1.68. The van der Waals surface area contributed by atoms with Crippen molar-refractivity contribution in [1.29, 1.82) is 0 Å². The molecule has 1 aliphatic heterocycles. The zero-order valence-corrected chi connectivity index (χ0v) is 12.3. The van der Waals surface area contributed by atoms with Gasteiger partial charge in [0, 0.05) is 32.7 Å². The van der Waals surface area contributed by atoms with Gasteiger partial charge in [-0.1, -0.05) is 12.1 Å². The van der Waals surface area contributed by atoms with Crippen LogP contribution in [0.1, 0.15) is 25.1 Å². The first-order valence-electron chi connectivity index (χ1n) is 7.18. The summed E-state index contributed by atoms with van der Waals surface area (Å²) in [5.74, 6) is 1.45. The quantitative estimate of drug-likeness (QED) is 0.792. The molecular weight excluding hydrogens is 258 g/mol. The molecular formula is C13H23N5O2. The van der Waals surface area contributed by atoms with Gasteiger partial charge in [-0.25, -0.2) is 0 Å². The Kier molecular flexibility index (Phi) is 5.49. The van der Waals surface area contributed by atoms with E-state index in [0.29, 0.717) is 24.8 Å². The van der Waals surface area contributed by atoms with Crippen LogP contribution in [0.15, 0.2) is 4.52 Å². The summed E-state index contributed by atoms with van der Waals surface area (Å²) in [6.07, 6.45) is 0.975. The molecule has 1 aromatic rings. The van der Waals surface area contributed by atoms with E-state index in [9.17, 15) is 4.79 Å². The Bertz CT molecular complexity index is 426. The number of hydrogen-bond acceptors (Lipinski definition) is 6. The standard InChI is InChI=1S/C13H23N5O2/c1-3-4-14-12(19)9-17-5-7-18(8-6-17)10-13-15-11(2)16-20-13/h3-10H2,1-2H3,(H,14,19). The highest BCUT2D eigenvalue weighted by molar-refractivity contribution is 5.77. The second-order valence-corrected chi connectivity index (χ2v) is 5.14. The number of aromatic nitrogens is 2. The molecule has 7 nitrogen and oxygen atoms in total. The summed E-state index contributed by atoms with van der Waals surface area (Å²) in [5.41, 5.74) is 0. The number of piperazine rings is 1. The highest BCUT2D eigenvalue weighted by atomic mass is 16.5. The molecule has 1 fully saturated rings. The summed E-state index contributed by atoms with van der Waals surface area (Å²) in [6.45, 7) is 9.45. The van der Waals surface area contributed by atoms with E-state index >= 15 is 0 Å². The van der Waals surface area contributed by atoms with Crippen LogP contribution in [0.4, 0.5) is 0 Å². The van der Waals surface area contributed by atoms with Crippen LogP contribution in [-0.4, -0.2) is 65.1 Å². The number of hydrogen-bond donors (Lipinski definition) is 1. The molecule has 0 bridgehead atoms. The molecule has 1 aliphatic rings. The Morgan fingerprint density at radius 2 is 2.00 bits per heavy atom. The first-order valence-corrected chi connectivity index (χ1v) is 7.18. The van der Waals surface area contributed by atoms with E-state index in [-0.39, 0.29) is 5.91 Å². The van der Waals surface area contributed by atoms with Crippen molar-refractivity contribution in [2.75, 3.05) is 39.3 Å². The zero-order chi connectivity index (χ0) is 14.4. The van der Waals surface area contributed by atoms with Gasteiger partial charge in [0.15, 0.2) is 5.82 Å². The molecule has 1 amide bonds. The minimum absolute atomic E-state index is 0.118. The molecule has 7 heteroatoms. The van der Waals surface area contributed by atoms with Gasteiger partial charge in [-0.3, -0.25) is 14.6 Å². The Hall–Kier alpha value is -1.47. The third-order valence-corrected chi connectivity index (χ3v) is 3.33. The normalized spacial score (nSPS) is 17.3. The maximum atomic E-state index is 11.6. The number of nitrogens with zero attached hydrogens (tertiary/aromatic N) is 4. The number of carbonyl (C=O) groups is 1. The average molecular weight is 281 g/mol. The molecule has 2 rings (SSSR count). The van der Waals surface area contributed by atoms with E-state index in [1.165, 1.54) is 0 Å². The van der Waals surface area contributed by atoms with Crippen LogP contribution in [0, 0.1) is 6.92 Å². The minimum Gasteiger partial charge on any atom is -0.355 e. The largest absolute Gasteiger partial charge is 0.355 e. The van der Waals surface area contributed by atoms with Crippen LogP contribution in [0.5, 0.6) is 0 Å². The predicted octanol–water partition coefficient (Wildman–Crippen LogP) is 0.0218. The van der Waals surface area contributed by atoms with Gasteiger partial charge >= 0.3 is 0 Å². The van der Waals surface area contributed by atoms with Crippen LogP contribution in [0.3, 0.4) is 0 Å². The van der Waals surface area contributed by atoms with Gasteiger partial charge in [-0.05, 0) is 13.3 Å². The summed E-state index contributed by atoms with van der Waals surface area (Å²) >= 11 is 0. The smallest absolute Gasteiger partial charge is 0.240 e. The lowest BCUT2D eigenvalue weighted by molar-refractivity contribution is -0.122. The predicted molar refractivity (Wildman–Crippen MR) is 74.1 cm³/mol. The maximum absolute atomic E-state index is 11.6. The summed E-state index contributed by atoms with van der Waals surface area (Å²) in [4.78, 5) is 20.3. The van der Waals surface area contributed by atoms with Crippen molar-refractivity contribution in [2.45, 2.75) is 26.8 Å². The van der Waals surface area contributed by atoms with Crippen molar-refractivity contribution in [1.82, 2.24) is 25.3 Å². The van der Waals surface area contributed by atoms with Crippen molar-refractivity contribution in [3.8, 4) is 0 Å². The second kappa shape index (κ2) is 7.35. The number of rotatable bonds is 6. The highest BCUT2D eigenvalue weighted by Gasteiger charge is 2.20. The fraction of sp³-hybridized carbons (Fsp3) is 0.769. The maximum Gasteiger partial charge on any atom is 0.240 e. The SMILES string of the molecule is CCCNC(=O)CN1CCN(Cc2nc(C)no2)CC1. The Labute approximate surface area is 119 Å². The lowest BCUT2D eigenvalue weighted by Gasteiger charge is -2.33. The number of aryl methyl sites for hydroxylation is 1. The lowest BCUT2D eigenvalue weighted by atomic mass is 10.3. The summed E-state index contributed by atoms with van der Waals surface area (Å²) in [7, 11) is 0. The molecule has 0 unspecified atom stereocenters. The molecule has 0 aromatic carbocycles. The van der Waals surface area contributed by atoms with Crippen molar-refractivity contribution >= 4 is 5.91 Å². The molecule has 0 radical (unpaired) electrons. The number of amides is 1. The first kappa shape index (κ1) is 14.9. The molecule has 112 valence electrons. The third kappa shape index (κ3) is 4.57. The van der Waals surface area contributed by atoms with Crippen LogP contribution in [0.25, 0.3) is 0 Å². The molecule has 1 N–H and O–H groups in total. The van der Waals surface area contributed by atoms with E-state index < -0.39 is 0 Å². The second-order valence-electron chi connectivity index (χ2n) is 5.14. The van der Waals surface area contributed by atoms with E-state index in [4.69, 9.17) is 4.52 Å². The Morgan fingerprint density at radius 3 is 2.60 bits per heavy atom. The molecule has 0 saturated carbocycles. The van der Waals surface area contributed by atoms with Crippen LogP contribution < -0.4 is 5.32 Å². The van der Waals surface area contributed by atoms with Crippen molar-refractivity contribution < 1.29 is 9.32 Å². The molecule has 0 spiro atoms. The molecule has 2 heterocycles. The van der Waals surface area contributed by atoms with Gasteiger partial charge in [0.1, 0.15) is 0 Å². The number of nitrogens with one attached hydrogen (secondary N) is 1. The monoisotopic (exact) mass is 281 g/mol. The van der Waals surface area contributed by atoms with Gasteiger partial charge < -0.3 is 9.84 Å². The van der Waals surface area contributed by atoms with Crippen molar-refractivity contribution in [2.24, 2.45) is 0 Å². The van der Waals surface area contributed by atoms with E-state index in [2.05, 4.69) is 32.2 Å². The number of carbonyl (C=O) groups excluding carboxylic acids is 1. The van der Waals surface area contributed by atoms with Gasteiger partial charge in [0.05, 0.1) is 13.1 Å². The lowest BCUT2D eigenvalue weighted by Crippen LogP contribution is -2.49. The van der Waals surface area contributed by atoms with Gasteiger partial charge in [0.25, 0.3) is 0 Å². The van der Waals surface area contributed by atoms with Crippen molar-refractivity contribution in [3.63, 3.8) is 0 Å². The molecule has 0 atom stereocenters. The topological polar surface area (TPSA) is 74.5 Å². The summed E-state index contributed by atoms with van der Waals surface area (Å²) < 4.78 is 5.12. The van der Waals surface area contributed by atoms with Crippen LogP contribution in [0.2, 0.25) is 0 Å². The molecule has 1 aromatic heterocycles. The highest BCUT2D eigenvalue weighted by Crippen LogP contribution is 2.06. The fourth-order valence-electron chi connectivity index (χ4n) is 2.22. The molecule has 20 heavy (non-hydrogen) atoms. The minimum atomic E-state index is 0.118. The molecule has 0 aliphatic carbocycles. The van der Waals surface area contributed by atoms with Crippen molar-refractivity contribution in [3.05, 3.63) is 11.7 Å². The van der Waals surface area contributed by atoms with Gasteiger partial charge in [-0.2, -0.15) is 4.98 Å². The first-order chi connectivity index (χ1) is 9.67. The average Bonchev–Trinajstić information content (AvgIpc) is 2.84. The summed E-state index contributed by atoms with van der Waals surface area (Å²) in [5, 5.41) is 6.69. The summed E-state index contributed by atoms with van der Waals surface area (Å²) in [6, 6.07) is 0. The third-order valence-electron chi connectivity index (χ3n) is 3.33. The van der Waals surface area contributed by atoms with Gasteiger partial charge in [0.2, 0.25) is 11.8 Å². The molecule has 1 saturated heterocycles. The zero-order valence-electron chi connectivity index (χ0n) is 12.3. The fourth-order valence-corrected chi connectivity index (χ4v) is 2.22. The van der Waals surface area contributed by atoms with Crippen LogP contribution in [-0.2, 0) is 11.3 Å².